The summed E-state index contributed by atoms with van der Waals surface area (Å²) in [6, 6.07) is 26.4. The van der Waals surface area contributed by atoms with E-state index in [0.717, 1.165) is 101 Å². The van der Waals surface area contributed by atoms with Crippen molar-refractivity contribution in [3.63, 3.8) is 0 Å². The van der Waals surface area contributed by atoms with Crippen LogP contribution >= 0.6 is 0 Å². The highest BCUT2D eigenvalue weighted by atomic mass is 16.5. The third-order valence-electron chi connectivity index (χ3n) is 15.9. The first-order chi connectivity index (χ1) is 31.4. The number of carbonyl (C=O) groups excluding carboxylic acids is 1. The van der Waals surface area contributed by atoms with Gasteiger partial charge in [-0.25, -0.2) is 0 Å². The van der Waals surface area contributed by atoms with Crippen molar-refractivity contribution in [2.45, 2.75) is 152 Å². The minimum absolute atomic E-state index is 0.0272. The summed E-state index contributed by atoms with van der Waals surface area (Å²) in [6.45, 7) is 26.1. The van der Waals surface area contributed by atoms with E-state index in [-0.39, 0.29) is 23.7 Å². The van der Waals surface area contributed by atoms with Crippen molar-refractivity contribution < 1.29 is 28.9 Å². The molecule has 8 rings (SSSR count). The maximum atomic E-state index is 12.2. The van der Waals surface area contributed by atoms with Crippen molar-refractivity contribution in [1.29, 1.82) is 0 Å². The number of fused-ring (bicyclic) bond motifs is 2. The van der Waals surface area contributed by atoms with Gasteiger partial charge in [0.1, 0.15) is 11.5 Å². The number of rotatable bonds is 11. The van der Waals surface area contributed by atoms with Crippen LogP contribution in [-0.2, 0) is 27.4 Å². The van der Waals surface area contributed by atoms with Crippen LogP contribution in [0.15, 0.2) is 72.8 Å². The molecule has 2 saturated carbocycles. The lowest BCUT2D eigenvalue weighted by atomic mass is 9.72. The number of esters is 1. The van der Waals surface area contributed by atoms with Gasteiger partial charge in [-0.05, 0) is 188 Å². The van der Waals surface area contributed by atoms with Crippen molar-refractivity contribution in [3.05, 3.63) is 83.9 Å². The Balaban J connectivity index is 0.000000197. The van der Waals surface area contributed by atoms with E-state index in [0.29, 0.717) is 35.6 Å². The first-order valence-electron chi connectivity index (χ1n) is 25.6. The first kappa shape index (κ1) is 49.8. The number of carbonyl (C=O) groups is 2. The van der Waals surface area contributed by atoms with Crippen molar-refractivity contribution in [2.75, 3.05) is 32.8 Å². The van der Waals surface area contributed by atoms with Crippen LogP contribution in [0.5, 0.6) is 11.5 Å². The molecule has 8 nitrogen and oxygen atoms in total. The van der Waals surface area contributed by atoms with Crippen LogP contribution < -0.4 is 9.47 Å². The van der Waals surface area contributed by atoms with E-state index in [9.17, 15) is 14.7 Å². The van der Waals surface area contributed by atoms with E-state index < -0.39 is 5.97 Å². The molecule has 0 amide bonds. The highest BCUT2D eigenvalue weighted by Crippen LogP contribution is 2.41. The Morgan fingerprint density at radius 1 is 0.561 bits per heavy atom. The van der Waals surface area contributed by atoms with Crippen LogP contribution in [-0.4, -0.2) is 71.8 Å². The monoisotopic (exact) mass is 903 g/mol. The number of aliphatic carboxylic acids is 1. The van der Waals surface area contributed by atoms with E-state index in [1.807, 2.05) is 6.92 Å². The predicted molar refractivity (Wildman–Crippen MR) is 269 cm³/mol. The summed E-state index contributed by atoms with van der Waals surface area (Å²) in [5.41, 5.74) is 3.41. The highest BCUT2D eigenvalue weighted by Gasteiger charge is 2.34. The molecule has 2 saturated heterocycles. The lowest BCUT2D eigenvalue weighted by molar-refractivity contribution is -0.152. The molecule has 0 aromatic heterocycles. The molecule has 360 valence electrons. The van der Waals surface area contributed by atoms with Crippen molar-refractivity contribution in [2.24, 2.45) is 46.3 Å². The maximum Gasteiger partial charge on any atom is 0.309 e. The van der Waals surface area contributed by atoms with Crippen molar-refractivity contribution >= 4 is 33.5 Å². The molecule has 2 heterocycles. The standard InChI is InChI=1S/C30H43NO3.C28H39NO3/c1-6-33-29(32)28-15-16-31(19-21(28)2)20-22-7-8-24-18-27(12-9-23(24)17-22)34-26-13-10-25(11-14-26)30(3,4)5;1-19-17-29(14-13-26(19)27(30)31)18-20-5-6-22-16-25(10-7-21(22)15-20)32-24-11-8-23(9-12-24)28(2,3)4/h7-9,12,17-18,21,25-26,28H,6,10-11,13-16,19-20H2,1-5H3;5-7,10,15-16,19,23-24,26H,8-9,11-14,17-18H2,1-4H3,(H,30,31). The summed E-state index contributed by atoms with van der Waals surface area (Å²) >= 11 is 0. The van der Waals surface area contributed by atoms with Crippen LogP contribution in [0.2, 0.25) is 0 Å². The number of hydrogen-bond donors (Lipinski definition) is 1. The molecule has 4 aromatic rings. The molecule has 4 fully saturated rings. The second-order valence-corrected chi connectivity index (χ2v) is 22.9. The number of piperidine rings is 2. The lowest BCUT2D eigenvalue weighted by Gasteiger charge is -2.37. The lowest BCUT2D eigenvalue weighted by Crippen LogP contribution is -2.42. The largest absolute Gasteiger partial charge is 0.490 e. The average Bonchev–Trinajstić information content (AvgIpc) is 3.26. The molecule has 0 bridgehead atoms. The van der Waals surface area contributed by atoms with E-state index >= 15 is 0 Å². The number of likely N-dealkylation sites (tertiary alicyclic amines) is 2. The minimum atomic E-state index is -0.650. The second kappa shape index (κ2) is 21.9. The summed E-state index contributed by atoms with van der Waals surface area (Å²) in [7, 11) is 0. The Bertz CT molecular complexity index is 2220. The molecule has 4 unspecified atom stereocenters. The van der Waals surface area contributed by atoms with Gasteiger partial charge >= 0.3 is 11.9 Å². The average molecular weight is 903 g/mol. The number of hydrogen-bond acceptors (Lipinski definition) is 7. The summed E-state index contributed by atoms with van der Waals surface area (Å²) in [6.07, 6.45) is 12.0. The SMILES string of the molecule is CC1CN(Cc2ccc3cc(OC4CCC(C(C)(C)C)CC4)ccc3c2)CCC1C(=O)O.CCOC(=O)C1CCN(Cc2ccc3cc(OC4CCC(C(C)(C)C)CC4)ccc3c2)CC1C. The zero-order chi connectivity index (χ0) is 47.2. The van der Waals surface area contributed by atoms with E-state index in [2.05, 4.69) is 138 Å². The number of carboxylic acids is 1. The van der Waals surface area contributed by atoms with Crippen LogP contribution in [0.25, 0.3) is 21.5 Å². The smallest absolute Gasteiger partial charge is 0.309 e. The third kappa shape index (κ3) is 13.3. The first-order valence-corrected chi connectivity index (χ1v) is 25.6. The molecule has 66 heavy (non-hydrogen) atoms. The maximum absolute atomic E-state index is 12.2. The van der Waals surface area contributed by atoms with Crippen molar-refractivity contribution in [3.8, 4) is 11.5 Å². The van der Waals surface area contributed by atoms with Gasteiger partial charge in [-0.3, -0.25) is 19.4 Å². The van der Waals surface area contributed by atoms with Crippen LogP contribution in [0.1, 0.15) is 138 Å². The predicted octanol–water partition coefficient (Wildman–Crippen LogP) is 13.2. The van der Waals surface area contributed by atoms with E-state index in [1.54, 1.807) is 0 Å². The van der Waals surface area contributed by atoms with Gasteiger partial charge in [0.05, 0.1) is 30.7 Å². The molecule has 2 aliphatic carbocycles. The van der Waals surface area contributed by atoms with Crippen LogP contribution in [0.4, 0.5) is 0 Å². The summed E-state index contributed by atoms with van der Waals surface area (Å²) in [5, 5.41) is 14.3. The fourth-order valence-electron chi connectivity index (χ4n) is 11.6. The number of nitrogens with zero attached hydrogens (tertiary/aromatic N) is 2. The molecule has 1 N–H and O–H groups in total. The Labute approximate surface area is 397 Å². The number of ether oxygens (including phenoxy) is 3. The molecule has 2 aliphatic heterocycles. The third-order valence-corrected chi connectivity index (χ3v) is 15.9. The molecule has 0 spiro atoms. The quantitative estimate of drug-likeness (QED) is 0.149. The van der Waals surface area contributed by atoms with E-state index in [4.69, 9.17) is 14.2 Å². The molecule has 4 atom stereocenters. The Morgan fingerprint density at radius 2 is 0.955 bits per heavy atom. The Kier molecular flexibility index (Phi) is 16.5. The molecular formula is C58H82N2O6. The fourth-order valence-corrected chi connectivity index (χ4v) is 11.6. The summed E-state index contributed by atoms with van der Waals surface area (Å²) < 4.78 is 18.0. The van der Waals surface area contributed by atoms with Gasteiger partial charge in [-0.1, -0.05) is 91.8 Å². The van der Waals surface area contributed by atoms with Gasteiger partial charge in [0.15, 0.2) is 0 Å². The molecule has 4 aromatic carbocycles. The number of carboxylic acid groups (broad SMARTS) is 1. The Hall–Kier alpha value is -4.14. The fraction of sp³-hybridized carbons (Fsp3) is 0.621. The molecule has 0 radical (unpaired) electrons. The molecular weight excluding hydrogens is 821 g/mol. The van der Waals surface area contributed by atoms with Crippen molar-refractivity contribution in [1.82, 2.24) is 9.80 Å². The number of benzene rings is 4. The minimum Gasteiger partial charge on any atom is -0.490 e. The van der Waals surface area contributed by atoms with Gasteiger partial charge < -0.3 is 19.3 Å². The Morgan fingerprint density at radius 3 is 1.33 bits per heavy atom. The van der Waals surface area contributed by atoms with Gasteiger partial charge in [-0.2, -0.15) is 0 Å². The normalized spacial score (nSPS) is 26.9. The summed E-state index contributed by atoms with van der Waals surface area (Å²) in [5.74, 6) is 3.26. The van der Waals surface area contributed by atoms with Crippen LogP contribution in [0.3, 0.4) is 0 Å². The summed E-state index contributed by atoms with van der Waals surface area (Å²) in [4.78, 5) is 28.4. The van der Waals surface area contributed by atoms with Gasteiger partial charge in [-0.15, -0.1) is 0 Å². The molecule has 8 heteroatoms. The van der Waals surface area contributed by atoms with Gasteiger partial charge in [0, 0.05) is 26.2 Å². The van der Waals surface area contributed by atoms with Gasteiger partial charge in [0.2, 0.25) is 0 Å². The second-order valence-electron chi connectivity index (χ2n) is 22.9. The molecule has 4 aliphatic rings. The van der Waals surface area contributed by atoms with Crippen LogP contribution in [0, 0.1) is 46.3 Å². The highest BCUT2D eigenvalue weighted by molar-refractivity contribution is 5.85. The van der Waals surface area contributed by atoms with E-state index in [1.165, 1.54) is 58.4 Å². The zero-order valence-electron chi connectivity index (χ0n) is 42.0. The van der Waals surface area contributed by atoms with Gasteiger partial charge in [0.25, 0.3) is 0 Å². The topological polar surface area (TPSA) is 88.5 Å². The zero-order valence-corrected chi connectivity index (χ0v) is 42.0.